The van der Waals surface area contributed by atoms with Gasteiger partial charge in [-0.15, -0.1) is 0 Å². The normalized spacial score (nSPS) is 16.9. The molecule has 1 aliphatic rings. The lowest BCUT2D eigenvalue weighted by Crippen LogP contribution is -2.43. The van der Waals surface area contributed by atoms with E-state index in [0.29, 0.717) is 12.5 Å². The van der Waals surface area contributed by atoms with E-state index < -0.39 is 0 Å². The Morgan fingerprint density at radius 2 is 2.10 bits per heavy atom. The van der Waals surface area contributed by atoms with Crippen LogP contribution in [0.3, 0.4) is 0 Å². The number of benzene rings is 1. The van der Waals surface area contributed by atoms with E-state index in [-0.39, 0.29) is 5.41 Å². The van der Waals surface area contributed by atoms with Crippen molar-refractivity contribution in [1.29, 1.82) is 0 Å². The number of hydrogen-bond acceptors (Lipinski definition) is 3. The Morgan fingerprint density at radius 3 is 2.76 bits per heavy atom. The molecule has 0 aromatic heterocycles. The Kier molecular flexibility index (Phi) is 5.39. The third kappa shape index (κ3) is 4.30. The summed E-state index contributed by atoms with van der Waals surface area (Å²) >= 11 is 1.97. The molecule has 2 rings (SSSR count). The van der Waals surface area contributed by atoms with E-state index in [9.17, 15) is 0 Å². The lowest BCUT2D eigenvalue weighted by molar-refractivity contribution is 0.412. The molecular formula is C16H25N3OS. The SMILES string of the molecule is COc1cccc(C(C)(C)CN=C(N)N2CCSCC2)c1. The number of methoxy groups -OCH3 is 1. The average molecular weight is 307 g/mol. The predicted molar refractivity (Wildman–Crippen MR) is 91.4 cm³/mol. The average Bonchev–Trinajstić information content (AvgIpc) is 2.53. The van der Waals surface area contributed by atoms with Gasteiger partial charge < -0.3 is 15.4 Å². The minimum Gasteiger partial charge on any atom is -0.497 e. The Hall–Kier alpha value is -1.36. The van der Waals surface area contributed by atoms with Crippen molar-refractivity contribution in [3.05, 3.63) is 29.8 Å². The van der Waals surface area contributed by atoms with Crippen LogP contribution in [0.1, 0.15) is 19.4 Å². The van der Waals surface area contributed by atoms with Crippen LogP contribution in [0, 0.1) is 0 Å². The highest BCUT2D eigenvalue weighted by molar-refractivity contribution is 7.99. The van der Waals surface area contributed by atoms with Crippen LogP contribution in [0.2, 0.25) is 0 Å². The standard InChI is InChI=1S/C16H25N3OS/c1-16(2,13-5-4-6-14(11-13)20-3)12-18-15(17)19-7-9-21-10-8-19/h4-6,11H,7-10,12H2,1-3H3,(H2,17,18). The second-order valence-corrected chi connectivity index (χ2v) is 7.11. The van der Waals surface area contributed by atoms with Crippen molar-refractivity contribution in [3.8, 4) is 5.75 Å². The fourth-order valence-electron chi connectivity index (χ4n) is 2.31. The van der Waals surface area contributed by atoms with Gasteiger partial charge in [-0.2, -0.15) is 11.8 Å². The molecule has 116 valence electrons. The summed E-state index contributed by atoms with van der Waals surface area (Å²) < 4.78 is 5.30. The molecule has 0 atom stereocenters. The maximum atomic E-state index is 6.13. The Bertz CT molecular complexity index is 496. The molecule has 5 heteroatoms. The van der Waals surface area contributed by atoms with Crippen molar-refractivity contribution >= 4 is 17.7 Å². The summed E-state index contributed by atoms with van der Waals surface area (Å²) in [5, 5.41) is 0. The van der Waals surface area contributed by atoms with Gasteiger partial charge in [-0.3, -0.25) is 4.99 Å². The molecule has 0 unspecified atom stereocenters. The van der Waals surface area contributed by atoms with E-state index in [1.54, 1.807) is 7.11 Å². The zero-order valence-corrected chi connectivity index (χ0v) is 13.9. The third-order valence-corrected chi connectivity index (χ3v) is 4.77. The predicted octanol–water partition coefficient (Wildman–Crippen LogP) is 2.34. The number of thioether (sulfide) groups is 1. The van der Waals surface area contributed by atoms with Gasteiger partial charge in [0, 0.05) is 30.0 Å². The number of nitrogens with two attached hydrogens (primary N) is 1. The van der Waals surface area contributed by atoms with E-state index in [2.05, 4.69) is 35.9 Å². The van der Waals surface area contributed by atoms with Crippen molar-refractivity contribution in [1.82, 2.24) is 4.90 Å². The van der Waals surface area contributed by atoms with Crippen LogP contribution < -0.4 is 10.5 Å². The van der Waals surface area contributed by atoms with E-state index >= 15 is 0 Å². The summed E-state index contributed by atoms with van der Waals surface area (Å²) in [6.45, 7) is 7.05. The first kappa shape index (κ1) is 16.0. The number of hydrogen-bond donors (Lipinski definition) is 1. The second-order valence-electron chi connectivity index (χ2n) is 5.89. The first-order valence-electron chi connectivity index (χ1n) is 7.30. The smallest absolute Gasteiger partial charge is 0.191 e. The van der Waals surface area contributed by atoms with Gasteiger partial charge in [0.25, 0.3) is 0 Å². The highest BCUT2D eigenvalue weighted by Crippen LogP contribution is 2.26. The minimum atomic E-state index is -0.0658. The molecular weight excluding hydrogens is 282 g/mol. The largest absolute Gasteiger partial charge is 0.497 e. The molecule has 1 fully saturated rings. The zero-order valence-electron chi connectivity index (χ0n) is 13.1. The molecule has 0 aliphatic carbocycles. The van der Waals surface area contributed by atoms with Crippen molar-refractivity contribution in [2.45, 2.75) is 19.3 Å². The number of aliphatic imine (C=N–C) groups is 1. The Balaban J connectivity index is 2.05. The molecule has 4 nitrogen and oxygen atoms in total. The van der Waals surface area contributed by atoms with Crippen LogP contribution >= 0.6 is 11.8 Å². The molecule has 1 heterocycles. The summed E-state index contributed by atoms with van der Waals surface area (Å²) in [6, 6.07) is 8.17. The fourth-order valence-corrected chi connectivity index (χ4v) is 3.21. The first-order valence-corrected chi connectivity index (χ1v) is 8.45. The molecule has 21 heavy (non-hydrogen) atoms. The van der Waals surface area contributed by atoms with E-state index in [4.69, 9.17) is 10.5 Å². The summed E-state index contributed by atoms with van der Waals surface area (Å²) in [6.07, 6.45) is 0. The molecule has 1 saturated heterocycles. The van der Waals surface area contributed by atoms with Crippen molar-refractivity contribution < 1.29 is 4.74 Å². The highest BCUT2D eigenvalue weighted by Gasteiger charge is 2.21. The molecule has 1 aliphatic heterocycles. The first-order chi connectivity index (χ1) is 10.0. The van der Waals surface area contributed by atoms with Gasteiger partial charge in [0.2, 0.25) is 0 Å². The van der Waals surface area contributed by atoms with E-state index in [1.807, 2.05) is 23.9 Å². The number of guanidine groups is 1. The maximum absolute atomic E-state index is 6.13. The maximum Gasteiger partial charge on any atom is 0.191 e. The highest BCUT2D eigenvalue weighted by atomic mass is 32.2. The molecule has 0 saturated carbocycles. The van der Waals surface area contributed by atoms with Crippen LogP contribution in [-0.4, -0.2) is 49.1 Å². The van der Waals surface area contributed by atoms with Crippen LogP contribution in [0.4, 0.5) is 0 Å². The molecule has 0 spiro atoms. The molecule has 1 aromatic rings. The molecule has 0 amide bonds. The fraction of sp³-hybridized carbons (Fsp3) is 0.562. The topological polar surface area (TPSA) is 50.9 Å². The van der Waals surface area contributed by atoms with Crippen LogP contribution in [0.5, 0.6) is 5.75 Å². The van der Waals surface area contributed by atoms with E-state index in [1.165, 1.54) is 5.56 Å². The van der Waals surface area contributed by atoms with E-state index in [0.717, 1.165) is 30.3 Å². The van der Waals surface area contributed by atoms with Crippen molar-refractivity contribution in [3.63, 3.8) is 0 Å². The minimum absolute atomic E-state index is 0.0658. The Labute approximate surface area is 131 Å². The lowest BCUT2D eigenvalue weighted by Gasteiger charge is -2.29. The summed E-state index contributed by atoms with van der Waals surface area (Å²) in [7, 11) is 1.69. The molecule has 1 aromatic carbocycles. The van der Waals surface area contributed by atoms with Crippen molar-refractivity contribution in [2.24, 2.45) is 10.7 Å². The third-order valence-electron chi connectivity index (χ3n) is 3.82. The van der Waals surface area contributed by atoms with Gasteiger partial charge in [0.1, 0.15) is 5.75 Å². The molecule has 0 radical (unpaired) electrons. The Morgan fingerprint density at radius 1 is 1.38 bits per heavy atom. The number of rotatable bonds is 4. The van der Waals surface area contributed by atoms with Gasteiger partial charge >= 0.3 is 0 Å². The van der Waals surface area contributed by atoms with Gasteiger partial charge in [0.15, 0.2) is 5.96 Å². The zero-order chi connectivity index (χ0) is 15.3. The summed E-state index contributed by atoms with van der Waals surface area (Å²) in [4.78, 5) is 6.80. The van der Waals surface area contributed by atoms with Crippen LogP contribution in [0.15, 0.2) is 29.3 Å². The van der Waals surface area contributed by atoms with Gasteiger partial charge in [-0.1, -0.05) is 26.0 Å². The molecule has 0 bridgehead atoms. The van der Waals surface area contributed by atoms with Gasteiger partial charge in [0.05, 0.1) is 13.7 Å². The second kappa shape index (κ2) is 7.07. The lowest BCUT2D eigenvalue weighted by atomic mass is 9.85. The van der Waals surface area contributed by atoms with Crippen LogP contribution in [0.25, 0.3) is 0 Å². The monoisotopic (exact) mass is 307 g/mol. The van der Waals surface area contributed by atoms with Crippen molar-refractivity contribution in [2.75, 3.05) is 38.2 Å². The van der Waals surface area contributed by atoms with Gasteiger partial charge in [-0.25, -0.2) is 0 Å². The number of ether oxygens (including phenoxy) is 1. The summed E-state index contributed by atoms with van der Waals surface area (Å²) in [5.41, 5.74) is 7.28. The summed E-state index contributed by atoms with van der Waals surface area (Å²) in [5.74, 6) is 3.82. The van der Waals surface area contributed by atoms with Crippen LogP contribution in [-0.2, 0) is 5.41 Å². The quantitative estimate of drug-likeness (QED) is 0.685. The van der Waals surface area contributed by atoms with Gasteiger partial charge in [-0.05, 0) is 17.7 Å². The molecule has 2 N–H and O–H groups in total. The number of nitrogens with zero attached hydrogens (tertiary/aromatic N) is 2.